The van der Waals surface area contributed by atoms with Gasteiger partial charge in [-0.05, 0) is 53.8 Å². The Morgan fingerprint density at radius 2 is 1.74 bits per heavy atom. The van der Waals surface area contributed by atoms with Crippen LogP contribution in [-0.4, -0.2) is 47.5 Å². The Morgan fingerprint density at radius 3 is 2.50 bits per heavy atom. The first-order valence-corrected chi connectivity index (χ1v) is 13.9. The molecule has 0 spiro atoms. The van der Waals surface area contributed by atoms with Gasteiger partial charge in [0.05, 0.1) is 18.3 Å². The van der Waals surface area contributed by atoms with Crippen LogP contribution in [0.25, 0.3) is 10.8 Å². The molecule has 7 heteroatoms. The van der Waals surface area contributed by atoms with E-state index in [1.54, 1.807) is 16.2 Å². The topological polar surface area (TPSA) is 61.9 Å². The third-order valence-electron chi connectivity index (χ3n) is 6.96. The van der Waals surface area contributed by atoms with Gasteiger partial charge in [0.1, 0.15) is 6.54 Å². The smallest absolute Gasteiger partial charge is 0.322 e. The van der Waals surface area contributed by atoms with Gasteiger partial charge >= 0.3 is 6.03 Å². The number of nitrogens with zero attached hydrogens (tertiary/aromatic N) is 2. The lowest BCUT2D eigenvalue weighted by Gasteiger charge is -2.29. The number of carbonyl (C=O) groups excluding carboxylic acids is 2. The Kier molecular flexibility index (Phi) is 8.36. The van der Waals surface area contributed by atoms with Crippen LogP contribution in [0.4, 0.5) is 10.5 Å². The average molecular weight is 528 g/mol. The maximum absolute atomic E-state index is 13.8. The number of benzene rings is 3. The van der Waals surface area contributed by atoms with Crippen molar-refractivity contribution in [1.82, 2.24) is 9.80 Å². The van der Waals surface area contributed by atoms with Crippen LogP contribution in [0.1, 0.15) is 28.8 Å². The molecule has 1 aliphatic rings. The summed E-state index contributed by atoms with van der Waals surface area (Å²) in [6.07, 6.45) is 1.78. The minimum Gasteiger partial charge on any atom is -0.376 e. The van der Waals surface area contributed by atoms with Crippen LogP contribution in [0.5, 0.6) is 0 Å². The van der Waals surface area contributed by atoms with E-state index in [1.165, 1.54) is 5.56 Å². The lowest BCUT2D eigenvalue weighted by atomic mass is 10.1. The predicted octanol–water partition coefficient (Wildman–Crippen LogP) is 6.45. The Bertz CT molecular complexity index is 1380. The highest BCUT2D eigenvalue weighted by Gasteiger charge is 2.27. The largest absolute Gasteiger partial charge is 0.376 e. The first-order chi connectivity index (χ1) is 18.6. The summed E-state index contributed by atoms with van der Waals surface area (Å²) in [4.78, 5) is 32.0. The number of carbonyl (C=O) groups is 2. The standard InChI is InChI=1S/C31H33N3O3S/c1-23-16-18-38-29(23)21-33(19-24-9-3-2-4-10-24)30(35)22-34(20-26-13-8-17-37-26)31(36)32-28-15-7-12-25-11-5-6-14-27(25)28/h2-7,9-12,14-16,18,26H,8,13,17,19-22H2,1H3,(H,32,36). The fourth-order valence-corrected chi connectivity index (χ4v) is 5.74. The number of thiophene rings is 1. The Hall–Kier alpha value is -3.68. The Balaban J connectivity index is 1.37. The second-order valence-corrected chi connectivity index (χ2v) is 10.7. The molecule has 0 radical (unpaired) electrons. The number of amides is 3. The lowest BCUT2D eigenvalue weighted by Crippen LogP contribution is -2.46. The van der Waals surface area contributed by atoms with Crippen LogP contribution in [0.2, 0.25) is 0 Å². The minimum atomic E-state index is -0.294. The molecule has 6 nitrogen and oxygen atoms in total. The van der Waals surface area contributed by atoms with Crippen LogP contribution in [0.15, 0.2) is 84.2 Å². The summed E-state index contributed by atoms with van der Waals surface area (Å²) in [7, 11) is 0. The van der Waals surface area contributed by atoms with Crippen LogP contribution in [0.3, 0.4) is 0 Å². The minimum absolute atomic E-state index is 0.0201. The van der Waals surface area contributed by atoms with Crippen molar-refractivity contribution in [2.24, 2.45) is 0 Å². The molecule has 1 aromatic heterocycles. The molecule has 5 rings (SSSR count). The van der Waals surface area contributed by atoms with Crippen molar-refractivity contribution in [3.05, 3.63) is 100 Å². The van der Waals surface area contributed by atoms with Crippen molar-refractivity contribution >= 4 is 39.7 Å². The number of fused-ring (bicyclic) bond motifs is 1. The molecule has 196 valence electrons. The van der Waals surface area contributed by atoms with Crippen molar-refractivity contribution < 1.29 is 14.3 Å². The molecular weight excluding hydrogens is 494 g/mol. The van der Waals surface area contributed by atoms with E-state index in [1.807, 2.05) is 77.7 Å². The maximum atomic E-state index is 13.8. The van der Waals surface area contributed by atoms with Gasteiger partial charge in [0.2, 0.25) is 5.91 Å². The Morgan fingerprint density at radius 1 is 0.947 bits per heavy atom. The summed E-state index contributed by atoms with van der Waals surface area (Å²) < 4.78 is 5.85. The fraction of sp³-hybridized carbons (Fsp3) is 0.290. The molecule has 1 saturated heterocycles. The van der Waals surface area contributed by atoms with E-state index in [0.29, 0.717) is 26.2 Å². The van der Waals surface area contributed by atoms with Crippen molar-refractivity contribution in [2.45, 2.75) is 39.0 Å². The number of rotatable bonds is 9. The van der Waals surface area contributed by atoms with E-state index >= 15 is 0 Å². The van der Waals surface area contributed by atoms with E-state index in [2.05, 4.69) is 23.7 Å². The molecule has 38 heavy (non-hydrogen) atoms. The second kappa shape index (κ2) is 12.2. The van der Waals surface area contributed by atoms with Gasteiger partial charge < -0.3 is 19.9 Å². The highest BCUT2D eigenvalue weighted by Crippen LogP contribution is 2.24. The SMILES string of the molecule is Cc1ccsc1CN(Cc1ccccc1)C(=O)CN(CC1CCCO1)C(=O)Nc1cccc2ccccc12. The molecule has 1 unspecified atom stereocenters. The number of hydrogen-bond acceptors (Lipinski definition) is 4. The average Bonchev–Trinajstić information content (AvgIpc) is 3.60. The van der Waals surface area contributed by atoms with Gasteiger partial charge in [-0.15, -0.1) is 11.3 Å². The molecule has 2 heterocycles. The third kappa shape index (κ3) is 6.41. The lowest BCUT2D eigenvalue weighted by molar-refractivity contribution is -0.133. The molecule has 1 aliphatic heterocycles. The van der Waals surface area contributed by atoms with Gasteiger partial charge in [0, 0.05) is 30.0 Å². The summed E-state index contributed by atoms with van der Waals surface area (Å²) in [6.45, 7) is 4.10. The normalized spacial score (nSPS) is 14.9. The van der Waals surface area contributed by atoms with Gasteiger partial charge in [0.15, 0.2) is 0 Å². The first-order valence-electron chi connectivity index (χ1n) is 13.1. The molecule has 1 N–H and O–H groups in total. The van der Waals surface area contributed by atoms with E-state index in [0.717, 1.165) is 39.7 Å². The molecule has 1 fully saturated rings. The highest BCUT2D eigenvalue weighted by molar-refractivity contribution is 7.10. The van der Waals surface area contributed by atoms with Gasteiger partial charge in [-0.3, -0.25) is 4.79 Å². The summed E-state index contributed by atoms with van der Waals surface area (Å²) in [5.41, 5.74) is 2.96. The van der Waals surface area contributed by atoms with Crippen molar-refractivity contribution in [2.75, 3.05) is 25.0 Å². The number of aryl methyl sites for hydroxylation is 1. The molecule has 1 atom stereocenters. The quantitative estimate of drug-likeness (QED) is 0.272. The molecular formula is C31H33N3O3S. The van der Waals surface area contributed by atoms with Crippen LogP contribution >= 0.6 is 11.3 Å². The summed E-state index contributed by atoms with van der Waals surface area (Å²) in [5, 5.41) is 7.14. The zero-order valence-electron chi connectivity index (χ0n) is 21.6. The zero-order valence-corrected chi connectivity index (χ0v) is 22.5. The number of ether oxygens (including phenoxy) is 1. The van der Waals surface area contributed by atoms with Gasteiger partial charge in [0.25, 0.3) is 0 Å². The van der Waals surface area contributed by atoms with Gasteiger partial charge in [-0.2, -0.15) is 0 Å². The van der Waals surface area contributed by atoms with Crippen LogP contribution in [0, 0.1) is 6.92 Å². The zero-order chi connectivity index (χ0) is 26.3. The van der Waals surface area contributed by atoms with Crippen molar-refractivity contribution in [1.29, 1.82) is 0 Å². The van der Waals surface area contributed by atoms with Crippen molar-refractivity contribution in [3.8, 4) is 0 Å². The molecule has 3 amide bonds. The molecule has 0 saturated carbocycles. The number of urea groups is 1. The van der Waals surface area contributed by atoms with Crippen molar-refractivity contribution in [3.63, 3.8) is 0 Å². The van der Waals surface area contributed by atoms with E-state index in [9.17, 15) is 9.59 Å². The number of nitrogens with one attached hydrogen (secondary N) is 1. The number of anilines is 1. The van der Waals surface area contributed by atoms with E-state index < -0.39 is 0 Å². The molecule has 4 aromatic rings. The van der Waals surface area contributed by atoms with Crippen LogP contribution < -0.4 is 5.32 Å². The monoisotopic (exact) mass is 527 g/mol. The van der Waals surface area contributed by atoms with E-state index in [4.69, 9.17) is 4.74 Å². The molecule has 0 aliphatic carbocycles. The van der Waals surface area contributed by atoms with Gasteiger partial charge in [-0.1, -0.05) is 66.7 Å². The summed E-state index contributed by atoms with van der Waals surface area (Å²) in [5.74, 6) is -0.0901. The second-order valence-electron chi connectivity index (χ2n) is 9.73. The van der Waals surface area contributed by atoms with E-state index in [-0.39, 0.29) is 24.6 Å². The number of hydrogen-bond donors (Lipinski definition) is 1. The maximum Gasteiger partial charge on any atom is 0.322 e. The Labute approximate surface area is 227 Å². The fourth-order valence-electron chi connectivity index (χ4n) is 4.82. The summed E-state index contributed by atoms with van der Waals surface area (Å²) >= 11 is 1.65. The third-order valence-corrected chi connectivity index (χ3v) is 7.97. The van der Waals surface area contributed by atoms with Crippen LogP contribution in [-0.2, 0) is 22.6 Å². The van der Waals surface area contributed by atoms with Gasteiger partial charge in [-0.25, -0.2) is 4.79 Å². The first kappa shape index (κ1) is 25.9. The molecule has 3 aromatic carbocycles. The predicted molar refractivity (Wildman–Crippen MR) is 153 cm³/mol. The highest BCUT2D eigenvalue weighted by atomic mass is 32.1. The summed E-state index contributed by atoms with van der Waals surface area (Å²) in [6, 6.07) is 25.6. The molecule has 0 bridgehead atoms.